The van der Waals surface area contributed by atoms with E-state index in [1.807, 2.05) is 0 Å². The van der Waals surface area contributed by atoms with Gasteiger partial charge in [-0.15, -0.1) is 11.3 Å². The number of halogens is 2. The standard InChI is InChI=1S/C25H24F2N2O5S2/c1-25(2)8-6-14(7-9-25)15-4-5-16(18(26)10-15)23-28-22(13-35-23)36(32,33)29-20-12-19(27)17(24(30)31)11-21(20)34-3/h4-6,10-13,29H,7-9H2,1-3H3,(H,30,31). The highest BCUT2D eigenvalue weighted by Crippen LogP contribution is 2.39. The molecular formula is C25H24F2N2O5S2. The number of methoxy groups -OCH3 is 1. The third kappa shape index (κ3) is 5.26. The number of allylic oxidation sites excluding steroid dienone is 2. The van der Waals surface area contributed by atoms with Gasteiger partial charge in [0.1, 0.15) is 22.4 Å². The zero-order chi connectivity index (χ0) is 26.3. The van der Waals surface area contributed by atoms with Gasteiger partial charge in [0.15, 0.2) is 5.03 Å². The van der Waals surface area contributed by atoms with E-state index in [0.717, 1.165) is 47.8 Å². The maximum absolute atomic E-state index is 15.0. The van der Waals surface area contributed by atoms with Crippen molar-refractivity contribution in [2.75, 3.05) is 11.8 Å². The number of anilines is 1. The molecule has 190 valence electrons. The second kappa shape index (κ2) is 9.62. The van der Waals surface area contributed by atoms with Gasteiger partial charge in [-0.3, -0.25) is 4.72 Å². The highest BCUT2D eigenvalue weighted by atomic mass is 32.2. The van der Waals surface area contributed by atoms with E-state index in [9.17, 15) is 17.6 Å². The molecule has 0 fully saturated rings. The molecule has 0 atom stereocenters. The van der Waals surface area contributed by atoms with Crippen LogP contribution in [0.2, 0.25) is 0 Å². The number of rotatable bonds is 7. The summed E-state index contributed by atoms with van der Waals surface area (Å²) in [5.74, 6) is -3.37. The molecule has 7 nitrogen and oxygen atoms in total. The lowest BCUT2D eigenvalue weighted by Gasteiger charge is -2.28. The smallest absolute Gasteiger partial charge is 0.338 e. The van der Waals surface area contributed by atoms with E-state index < -0.39 is 38.2 Å². The lowest BCUT2D eigenvalue weighted by atomic mass is 9.77. The van der Waals surface area contributed by atoms with Crippen LogP contribution in [0.1, 0.15) is 49.0 Å². The fourth-order valence-corrected chi connectivity index (χ4v) is 6.08. The Morgan fingerprint density at radius 3 is 2.56 bits per heavy atom. The van der Waals surface area contributed by atoms with Crippen LogP contribution in [0.15, 0.2) is 46.8 Å². The molecule has 0 bridgehead atoms. The molecule has 0 amide bonds. The lowest BCUT2D eigenvalue weighted by molar-refractivity contribution is 0.0691. The number of aromatic carboxylic acids is 1. The number of nitrogens with zero attached hydrogens (tertiary/aromatic N) is 1. The first-order chi connectivity index (χ1) is 16.9. The third-order valence-electron chi connectivity index (χ3n) is 6.06. The number of carboxylic acid groups (broad SMARTS) is 1. The number of thiazole rings is 1. The second-order valence-corrected chi connectivity index (χ2v) is 11.7. The van der Waals surface area contributed by atoms with Crippen molar-refractivity contribution in [3.8, 4) is 16.3 Å². The first-order valence-corrected chi connectivity index (χ1v) is 13.3. The van der Waals surface area contributed by atoms with Gasteiger partial charge in [-0.05, 0) is 54.0 Å². The summed E-state index contributed by atoms with van der Waals surface area (Å²) < 4.78 is 62.1. The molecule has 3 aromatic rings. The van der Waals surface area contributed by atoms with E-state index in [1.54, 1.807) is 12.1 Å². The van der Waals surface area contributed by atoms with Crippen molar-refractivity contribution < 1.29 is 31.8 Å². The van der Waals surface area contributed by atoms with Gasteiger partial charge < -0.3 is 9.84 Å². The first kappa shape index (κ1) is 25.8. The number of aromatic nitrogens is 1. The normalized spacial score (nSPS) is 15.3. The van der Waals surface area contributed by atoms with Gasteiger partial charge in [0.05, 0.1) is 18.4 Å². The number of ether oxygens (including phenoxy) is 1. The Kier molecular flexibility index (Phi) is 6.89. The topological polar surface area (TPSA) is 106 Å². The van der Waals surface area contributed by atoms with E-state index in [-0.39, 0.29) is 27.4 Å². The first-order valence-electron chi connectivity index (χ1n) is 11.0. The highest BCUT2D eigenvalue weighted by Gasteiger charge is 2.25. The fourth-order valence-electron chi connectivity index (χ4n) is 3.90. The molecule has 0 saturated heterocycles. The van der Waals surface area contributed by atoms with Crippen LogP contribution in [0.4, 0.5) is 14.5 Å². The minimum atomic E-state index is -4.31. The SMILES string of the molecule is COc1cc(C(=O)O)c(F)cc1NS(=O)(=O)c1csc(-c2ccc(C3=CCC(C)(C)CC3)cc2F)n1. The average molecular weight is 535 g/mol. The molecule has 2 N–H and O–H groups in total. The molecule has 11 heteroatoms. The summed E-state index contributed by atoms with van der Waals surface area (Å²) in [6.45, 7) is 4.40. The summed E-state index contributed by atoms with van der Waals surface area (Å²) in [5, 5.41) is 10.1. The second-order valence-electron chi connectivity index (χ2n) is 9.23. The number of hydrogen-bond donors (Lipinski definition) is 2. The van der Waals surface area contributed by atoms with Crippen molar-refractivity contribution in [1.29, 1.82) is 0 Å². The summed E-state index contributed by atoms with van der Waals surface area (Å²) in [6.07, 6.45) is 4.92. The molecule has 1 heterocycles. The Balaban J connectivity index is 1.59. The molecular weight excluding hydrogens is 510 g/mol. The van der Waals surface area contributed by atoms with Gasteiger partial charge in [0, 0.05) is 17.0 Å². The number of carboxylic acids is 1. The molecule has 0 saturated carbocycles. The van der Waals surface area contributed by atoms with E-state index >= 15 is 4.39 Å². The van der Waals surface area contributed by atoms with Crippen LogP contribution >= 0.6 is 11.3 Å². The summed E-state index contributed by atoms with van der Waals surface area (Å²) in [4.78, 5) is 15.2. The predicted octanol–water partition coefficient (Wildman–Crippen LogP) is 6.19. The van der Waals surface area contributed by atoms with Crippen LogP contribution in [0.5, 0.6) is 5.75 Å². The number of benzene rings is 2. The monoisotopic (exact) mass is 534 g/mol. The van der Waals surface area contributed by atoms with Gasteiger partial charge in [-0.1, -0.05) is 26.0 Å². The molecule has 36 heavy (non-hydrogen) atoms. The Hall–Kier alpha value is -3.31. The zero-order valence-corrected chi connectivity index (χ0v) is 21.4. The van der Waals surface area contributed by atoms with Gasteiger partial charge in [0.2, 0.25) is 0 Å². The van der Waals surface area contributed by atoms with Gasteiger partial charge in [0.25, 0.3) is 10.0 Å². The number of hydrogen-bond acceptors (Lipinski definition) is 6. The maximum Gasteiger partial charge on any atom is 0.338 e. The fraction of sp³-hybridized carbons (Fsp3) is 0.280. The van der Waals surface area contributed by atoms with Gasteiger partial charge in [-0.2, -0.15) is 8.42 Å². The van der Waals surface area contributed by atoms with Crippen molar-refractivity contribution in [3.63, 3.8) is 0 Å². The predicted molar refractivity (Wildman–Crippen MR) is 134 cm³/mol. The Morgan fingerprint density at radius 2 is 1.94 bits per heavy atom. The average Bonchev–Trinajstić information content (AvgIpc) is 3.30. The van der Waals surface area contributed by atoms with Gasteiger partial charge in [-0.25, -0.2) is 18.6 Å². The summed E-state index contributed by atoms with van der Waals surface area (Å²) in [7, 11) is -3.12. The third-order valence-corrected chi connectivity index (χ3v) is 8.34. The largest absolute Gasteiger partial charge is 0.495 e. The van der Waals surface area contributed by atoms with Crippen molar-refractivity contribution in [3.05, 3.63) is 64.5 Å². The van der Waals surface area contributed by atoms with E-state index in [1.165, 1.54) is 18.6 Å². The molecule has 1 aliphatic carbocycles. The molecule has 2 aromatic carbocycles. The Morgan fingerprint density at radius 1 is 1.19 bits per heavy atom. The van der Waals surface area contributed by atoms with Crippen LogP contribution in [-0.2, 0) is 10.0 Å². The molecule has 0 spiro atoms. The molecule has 1 aromatic heterocycles. The quantitative estimate of drug-likeness (QED) is 0.375. The van der Waals surface area contributed by atoms with E-state index in [4.69, 9.17) is 9.84 Å². The van der Waals surface area contributed by atoms with E-state index in [2.05, 4.69) is 29.6 Å². The van der Waals surface area contributed by atoms with E-state index in [0.29, 0.717) is 6.07 Å². The lowest BCUT2D eigenvalue weighted by Crippen LogP contribution is -2.15. The molecule has 0 unspecified atom stereocenters. The summed E-state index contributed by atoms with van der Waals surface area (Å²) in [6, 6.07) is 6.41. The summed E-state index contributed by atoms with van der Waals surface area (Å²) >= 11 is 0.947. The Labute approximate surface area is 211 Å². The number of sulfonamides is 1. The van der Waals surface area contributed by atoms with Crippen LogP contribution in [-0.4, -0.2) is 31.6 Å². The van der Waals surface area contributed by atoms with Crippen molar-refractivity contribution in [1.82, 2.24) is 4.98 Å². The highest BCUT2D eigenvalue weighted by molar-refractivity contribution is 7.92. The van der Waals surface area contributed by atoms with Crippen LogP contribution in [0.3, 0.4) is 0 Å². The molecule has 0 aliphatic heterocycles. The van der Waals surface area contributed by atoms with Gasteiger partial charge >= 0.3 is 5.97 Å². The maximum atomic E-state index is 15.0. The van der Waals surface area contributed by atoms with Crippen LogP contribution in [0.25, 0.3) is 16.1 Å². The number of carbonyl (C=O) groups is 1. The van der Waals surface area contributed by atoms with Crippen molar-refractivity contribution >= 4 is 38.6 Å². The summed E-state index contributed by atoms with van der Waals surface area (Å²) in [5.41, 5.74) is 1.30. The molecule has 4 rings (SSSR count). The Bertz CT molecular complexity index is 1480. The zero-order valence-electron chi connectivity index (χ0n) is 19.8. The molecule has 0 radical (unpaired) electrons. The minimum absolute atomic E-state index is 0.163. The van der Waals surface area contributed by atoms with Crippen LogP contribution in [0, 0.1) is 17.0 Å². The van der Waals surface area contributed by atoms with Crippen molar-refractivity contribution in [2.24, 2.45) is 5.41 Å². The van der Waals surface area contributed by atoms with Crippen LogP contribution < -0.4 is 9.46 Å². The minimum Gasteiger partial charge on any atom is -0.495 e. The number of nitrogens with one attached hydrogen (secondary N) is 1. The van der Waals surface area contributed by atoms with Crippen molar-refractivity contribution in [2.45, 2.75) is 38.1 Å². The molecule has 1 aliphatic rings.